The molecule has 0 aromatic heterocycles. The lowest BCUT2D eigenvalue weighted by molar-refractivity contribution is 0.146. The highest BCUT2D eigenvalue weighted by Crippen LogP contribution is 2.18. The number of aliphatic imine (C=N–C) groups is 1. The molecule has 2 aromatic carbocycles. The number of guanidine groups is 1. The number of benzene rings is 2. The summed E-state index contributed by atoms with van der Waals surface area (Å²) in [5.74, 6) is 2.26. The van der Waals surface area contributed by atoms with Crippen LogP contribution in [0.3, 0.4) is 0 Å². The second-order valence-electron chi connectivity index (χ2n) is 7.31. The maximum atomic E-state index is 10.5. The zero-order chi connectivity index (χ0) is 22.5. The van der Waals surface area contributed by atoms with E-state index in [9.17, 15) is 5.11 Å². The molecule has 0 amide bonds. The minimum absolute atomic E-state index is 0. The highest BCUT2D eigenvalue weighted by atomic mass is 127. The van der Waals surface area contributed by atoms with Gasteiger partial charge in [0.25, 0.3) is 0 Å². The van der Waals surface area contributed by atoms with Gasteiger partial charge >= 0.3 is 0 Å². The zero-order valence-electron chi connectivity index (χ0n) is 19.3. The molecule has 0 spiro atoms. The fourth-order valence-electron chi connectivity index (χ4n) is 2.80. The Balaban J connectivity index is 0.00000512. The van der Waals surface area contributed by atoms with E-state index in [-0.39, 0.29) is 30.1 Å². The van der Waals surface area contributed by atoms with Crippen LogP contribution in [0.4, 0.5) is 0 Å². The molecule has 0 saturated heterocycles. The molecular weight excluding hydrogens is 521 g/mol. The van der Waals surface area contributed by atoms with Gasteiger partial charge in [-0.05, 0) is 56.2 Å². The van der Waals surface area contributed by atoms with E-state index in [0.29, 0.717) is 32.3 Å². The molecule has 0 saturated carbocycles. The molecule has 0 aliphatic carbocycles. The van der Waals surface area contributed by atoms with Crippen LogP contribution in [0.1, 0.15) is 38.0 Å². The molecule has 7 nitrogen and oxygen atoms in total. The molecule has 0 radical (unpaired) electrons. The van der Waals surface area contributed by atoms with Crippen molar-refractivity contribution in [3.05, 3.63) is 59.7 Å². The Labute approximate surface area is 208 Å². The van der Waals surface area contributed by atoms with Crippen LogP contribution in [0.2, 0.25) is 0 Å². The summed E-state index contributed by atoms with van der Waals surface area (Å²) in [6, 6.07) is 15.3. The third-order valence-corrected chi connectivity index (χ3v) is 4.34. The van der Waals surface area contributed by atoms with E-state index in [1.54, 1.807) is 7.11 Å². The minimum Gasteiger partial charge on any atom is -0.491 e. The maximum Gasteiger partial charge on any atom is 0.191 e. The number of halogens is 1. The van der Waals surface area contributed by atoms with Crippen molar-refractivity contribution in [2.75, 3.05) is 33.4 Å². The smallest absolute Gasteiger partial charge is 0.191 e. The highest BCUT2D eigenvalue weighted by Gasteiger charge is 2.09. The Hall–Kier alpha value is -2.04. The van der Waals surface area contributed by atoms with E-state index in [4.69, 9.17) is 14.2 Å². The Kier molecular flexibility index (Phi) is 13.7. The first-order chi connectivity index (χ1) is 15.0. The molecule has 0 fully saturated rings. The van der Waals surface area contributed by atoms with E-state index >= 15 is 0 Å². The van der Waals surface area contributed by atoms with Gasteiger partial charge < -0.3 is 30.0 Å². The highest BCUT2D eigenvalue weighted by molar-refractivity contribution is 14.0. The average Bonchev–Trinajstić information content (AvgIpc) is 2.76. The van der Waals surface area contributed by atoms with Gasteiger partial charge in [0.15, 0.2) is 5.96 Å². The fourth-order valence-corrected chi connectivity index (χ4v) is 2.80. The maximum absolute atomic E-state index is 10.5. The van der Waals surface area contributed by atoms with Crippen molar-refractivity contribution in [2.45, 2.75) is 39.5 Å². The number of aliphatic hydroxyl groups excluding tert-OH is 1. The number of aliphatic hydroxyl groups is 1. The largest absolute Gasteiger partial charge is 0.491 e. The summed E-state index contributed by atoms with van der Waals surface area (Å²) in [5, 5.41) is 16.9. The van der Waals surface area contributed by atoms with Crippen molar-refractivity contribution in [3.8, 4) is 11.5 Å². The lowest BCUT2D eigenvalue weighted by atomic mass is 10.1. The first kappa shape index (κ1) is 28.0. The quantitative estimate of drug-likeness (QED) is 0.159. The summed E-state index contributed by atoms with van der Waals surface area (Å²) in [5.41, 5.74) is 1.89. The van der Waals surface area contributed by atoms with Crippen LogP contribution < -0.4 is 20.1 Å². The van der Waals surface area contributed by atoms with Crippen LogP contribution in [0.15, 0.2) is 53.5 Å². The zero-order valence-corrected chi connectivity index (χ0v) is 21.7. The van der Waals surface area contributed by atoms with Gasteiger partial charge in [-0.3, -0.25) is 0 Å². The molecule has 0 aliphatic heterocycles. The normalized spacial score (nSPS) is 12.1. The summed E-state index contributed by atoms with van der Waals surface area (Å²) in [4.78, 5) is 4.60. The number of nitrogens with zero attached hydrogens (tertiary/aromatic N) is 1. The van der Waals surface area contributed by atoms with Crippen LogP contribution >= 0.6 is 24.0 Å². The Morgan fingerprint density at radius 2 is 1.62 bits per heavy atom. The van der Waals surface area contributed by atoms with Crippen LogP contribution in [-0.4, -0.2) is 50.6 Å². The SMILES string of the molecule is CCNC(=NCc1ccc(OCCOC)cc1)NCC(O)c1ccc(OC(C)C)cc1.I. The molecule has 2 rings (SSSR count). The first-order valence-corrected chi connectivity index (χ1v) is 10.7. The predicted octanol–water partition coefficient (Wildman–Crippen LogP) is 3.91. The monoisotopic (exact) mass is 557 g/mol. The van der Waals surface area contributed by atoms with Gasteiger partial charge in [0.05, 0.1) is 25.4 Å². The van der Waals surface area contributed by atoms with Crippen LogP contribution in [0, 0.1) is 0 Å². The molecule has 2 aromatic rings. The van der Waals surface area contributed by atoms with E-state index < -0.39 is 6.10 Å². The van der Waals surface area contributed by atoms with Gasteiger partial charge in [-0.2, -0.15) is 0 Å². The fraction of sp³-hybridized carbons (Fsp3) is 0.458. The van der Waals surface area contributed by atoms with Gasteiger partial charge in [-0.25, -0.2) is 4.99 Å². The van der Waals surface area contributed by atoms with Crippen molar-refractivity contribution in [1.82, 2.24) is 10.6 Å². The summed E-state index contributed by atoms with van der Waals surface area (Å²) < 4.78 is 16.2. The molecule has 0 aliphatic rings. The van der Waals surface area contributed by atoms with Gasteiger partial charge in [0, 0.05) is 20.2 Å². The molecular formula is C24H36IN3O4. The number of nitrogens with one attached hydrogen (secondary N) is 2. The van der Waals surface area contributed by atoms with Crippen molar-refractivity contribution in [2.24, 2.45) is 4.99 Å². The molecule has 3 N–H and O–H groups in total. The van der Waals surface area contributed by atoms with Crippen molar-refractivity contribution < 1.29 is 19.3 Å². The number of hydrogen-bond acceptors (Lipinski definition) is 5. The average molecular weight is 557 g/mol. The van der Waals surface area contributed by atoms with E-state index in [2.05, 4.69) is 15.6 Å². The molecule has 1 atom stereocenters. The first-order valence-electron chi connectivity index (χ1n) is 10.7. The Morgan fingerprint density at radius 1 is 0.969 bits per heavy atom. The molecule has 178 valence electrons. The van der Waals surface area contributed by atoms with Gasteiger partial charge in [0.2, 0.25) is 0 Å². The van der Waals surface area contributed by atoms with Crippen molar-refractivity contribution in [3.63, 3.8) is 0 Å². The second-order valence-corrected chi connectivity index (χ2v) is 7.31. The number of hydrogen-bond donors (Lipinski definition) is 3. The number of ether oxygens (including phenoxy) is 3. The van der Waals surface area contributed by atoms with E-state index in [1.165, 1.54) is 0 Å². The lowest BCUT2D eigenvalue weighted by Gasteiger charge is -2.16. The number of methoxy groups -OCH3 is 1. The summed E-state index contributed by atoms with van der Waals surface area (Å²) in [7, 11) is 1.65. The van der Waals surface area contributed by atoms with Crippen molar-refractivity contribution in [1.29, 1.82) is 0 Å². The number of rotatable bonds is 12. The summed E-state index contributed by atoms with van der Waals surface area (Å²) in [6.45, 7) is 8.67. The summed E-state index contributed by atoms with van der Waals surface area (Å²) >= 11 is 0. The standard InChI is InChI=1S/C24H35N3O4.HI/c1-5-25-24(26-16-19-6-10-21(11-7-19)30-15-14-29-4)27-17-23(28)20-8-12-22(13-9-20)31-18(2)3;/h6-13,18,23,28H,5,14-17H2,1-4H3,(H2,25,26,27);1H. The molecule has 32 heavy (non-hydrogen) atoms. The molecule has 8 heteroatoms. The van der Waals surface area contributed by atoms with Gasteiger partial charge in [-0.15, -0.1) is 24.0 Å². The topological polar surface area (TPSA) is 84.3 Å². The molecule has 0 heterocycles. The lowest BCUT2D eigenvalue weighted by Crippen LogP contribution is -2.39. The van der Waals surface area contributed by atoms with E-state index in [0.717, 1.165) is 29.2 Å². The summed E-state index contributed by atoms with van der Waals surface area (Å²) in [6.07, 6.45) is -0.531. The second kappa shape index (κ2) is 15.7. The van der Waals surface area contributed by atoms with E-state index in [1.807, 2.05) is 69.3 Å². The third kappa shape index (κ3) is 10.5. The molecule has 1 unspecified atom stereocenters. The Morgan fingerprint density at radius 3 is 2.22 bits per heavy atom. The Bertz CT molecular complexity index is 783. The van der Waals surface area contributed by atoms with Crippen molar-refractivity contribution >= 4 is 29.9 Å². The van der Waals surface area contributed by atoms with Gasteiger partial charge in [-0.1, -0.05) is 24.3 Å². The minimum atomic E-state index is -0.652. The van der Waals surface area contributed by atoms with Crippen LogP contribution in [0.25, 0.3) is 0 Å². The third-order valence-electron chi connectivity index (χ3n) is 4.34. The predicted molar refractivity (Wildman–Crippen MR) is 139 cm³/mol. The van der Waals surface area contributed by atoms with Crippen LogP contribution in [0.5, 0.6) is 11.5 Å². The van der Waals surface area contributed by atoms with Gasteiger partial charge in [0.1, 0.15) is 18.1 Å². The molecule has 0 bridgehead atoms. The van der Waals surface area contributed by atoms with Crippen LogP contribution in [-0.2, 0) is 11.3 Å².